The molecule has 3 atom stereocenters. The maximum absolute atomic E-state index is 9.19. The molecule has 3 heterocycles. The molecular formula is C14H18N4. The van der Waals surface area contributed by atoms with E-state index in [-0.39, 0.29) is 0 Å². The van der Waals surface area contributed by atoms with Crippen molar-refractivity contribution >= 4 is 5.69 Å². The zero-order chi connectivity index (χ0) is 12.5. The summed E-state index contributed by atoms with van der Waals surface area (Å²) < 4.78 is 0. The van der Waals surface area contributed by atoms with Crippen molar-refractivity contribution < 1.29 is 0 Å². The second-order valence-electron chi connectivity index (χ2n) is 5.19. The molecule has 1 aromatic heterocycles. The highest BCUT2D eigenvalue weighted by Crippen LogP contribution is 2.38. The van der Waals surface area contributed by atoms with E-state index in [9.17, 15) is 5.26 Å². The van der Waals surface area contributed by atoms with E-state index in [1.807, 2.05) is 12.1 Å². The average molecular weight is 242 g/mol. The summed E-state index contributed by atoms with van der Waals surface area (Å²) in [6.45, 7) is 5.51. The Morgan fingerprint density at radius 3 is 3.22 bits per heavy atom. The molecule has 18 heavy (non-hydrogen) atoms. The molecule has 2 aliphatic rings. The third-order valence-electron chi connectivity index (χ3n) is 4.34. The van der Waals surface area contributed by atoms with Crippen molar-refractivity contribution in [3.8, 4) is 6.07 Å². The monoisotopic (exact) mass is 242 g/mol. The molecular weight excluding hydrogens is 224 g/mol. The summed E-state index contributed by atoms with van der Waals surface area (Å²) in [5.41, 5.74) is 1.57. The summed E-state index contributed by atoms with van der Waals surface area (Å²) in [6, 6.07) is 6.71. The molecule has 4 nitrogen and oxygen atoms in total. The first-order valence-electron chi connectivity index (χ1n) is 6.67. The Bertz CT molecular complexity index is 479. The van der Waals surface area contributed by atoms with E-state index in [1.54, 1.807) is 6.20 Å². The summed E-state index contributed by atoms with van der Waals surface area (Å²) >= 11 is 0. The molecule has 94 valence electrons. The smallest absolute Gasteiger partial charge is 0.163 e. The average Bonchev–Trinajstić information content (AvgIpc) is 2.98. The number of aromatic nitrogens is 1. The van der Waals surface area contributed by atoms with Crippen LogP contribution in [0.25, 0.3) is 0 Å². The van der Waals surface area contributed by atoms with E-state index < -0.39 is 0 Å². The van der Waals surface area contributed by atoms with Crippen molar-refractivity contribution in [1.82, 2.24) is 10.3 Å². The number of nitrogens with zero attached hydrogens (tertiary/aromatic N) is 3. The molecule has 0 spiro atoms. The van der Waals surface area contributed by atoms with E-state index in [2.05, 4.69) is 28.2 Å². The van der Waals surface area contributed by atoms with E-state index in [0.717, 1.165) is 43.6 Å². The quantitative estimate of drug-likeness (QED) is 0.851. The number of fused-ring (bicyclic) bond motifs is 1. The highest BCUT2D eigenvalue weighted by atomic mass is 15.2. The predicted octanol–water partition coefficient (Wildman–Crippen LogP) is 1.39. The number of hydrogen-bond donors (Lipinski definition) is 1. The topological polar surface area (TPSA) is 52.0 Å². The Hall–Kier alpha value is -1.60. The van der Waals surface area contributed by atoms with Crippen LogP contribution in [-0.4, -0.2) is 30.7 Å². The van der Waals surface area contributed by atoms with Gasteiger partial charge in [-0.2, -0.15) is 5.26 Å². The molecule has 1 N–H and O–H groups in total. The van der Waals surface area contributed by atoms with Crippen LogP contribution in [-0.2, 0) is 0 Å². The number of pyridine rings is 1. The Kier molecular flexibility index (Phi) is 2.92. The van der Waals surface area contributed by atoms with Crippen molar-refractivity contribution in [2.45, 2.75) is 19.4 Å². The highest BCUT2D eigenvalue weighted by Gasteiger charge is 2.43. The Labute approximate surface area is 108 Å². The van der Waals surface area contributed by atoms with Crippen LogP contribution in [0.5, 0.6) is 0 Å². The lowest BCUT2D eigenvalue weighted by atomic mass is 9.93. The zero-order valence-corrected chi connectivity index (χ0v) is 10.6. The second-order valence-corrected chi connectivity index (χ2v) is 5.19. The minimum Gasteiger partial charge on any atom is -0.366 e. The maximum atomic E-state index is 9.19. The molecule has 0 saturated carbocycles. The number of hydrogen-bond acceptors (Lipinski definition) is 4. The molecule has 2 fully saturated rings. The standard InChI is InChI=1S/C14H18N4/c1-2-13-11-8-16-7-10(11)9-18(13)14-4-3-5-17-12(14)6-15/h3-5,10-11,13,16H,2,7-9H2,1H3. The van der Waals surface area contributed by atoms with E-state index in [4.69, 9.17) is 0 Å². The summed E-state index contributed by atoms with van der Waals surface area (Å²) in [6.07, 6.45) is 2.82. The fourth-order valence-electron chi connectivity index (χ4n) is 3.54. The van der Waals surface area contributed by atoms with Gasteiger partial charge in [0, 0.05) is 31.9 Å². The lowest BCUT2D eigenvalue weighted by Gasteiger charge is -2.29. The van der Waals surface area contributed by atoms with Gasteiger partial charge in [0.1, 0.15) is 6.07 Å². The van der Waals surface area contributed by atoms with Gasteiger partial charge in [-0.25, -0.2) is 4.98 Å². The van der Waals surface area contributed by atoms with Crippen molar-refractivity contribution in [3.05, 3.63) is 24.0 Å². The molecule has 0 radical (unpaired) electrons. The first-order chi connectivity index (χ1) is 8.85. The Morgan fingerprint density at radius 2 is 2.44 bits per heavy atom. The summed E-state index contributed by atoms with van der Waals surface area (Å²) in [4.78, 5) is 6.59. The van der Waals surface area contributed by atoms with Gasteiger partial charge in [0.2, 0.25) is 0 Å². The molecule has 0 amide bonds. The number of nitrogens with one attached hydrogen (secondary N) is 1. The highest BCUT2D eigenvalue weighted by molar-refractivity contribution is 5.57. The molecule has 4 heteroatoms. The van der Waals surface area contributed by atoms with Gasteiger partial charge >= 0.3 is 0 Å². The van der Waals surface area contributed by atoms with Crippen LogP contribution in [0.4, 0.5) is 5.69 Å². The summed E-state index contributed by atoms with van der Waals surface area (Å²) in [7, 11) is 0. The van der Waals surface area contributed by atoms with Gasteiger partial charge in [0.15, 0.2) is 5.69 Å². The number of nitriles is 1. The first-order valence-corrected chi connectivity index (χ1v) is 6.67. The fraction of sp³-hybridized carbons (Fsp3) is 0.571. The van der Waals surface area contributed by atoms with Crippen LogP contribution in [0.3, 0.4) is 0 Å². The lowest BCUT2D eigenvalue weighted by Crippen LogP contribution is -2.35. The van der Waals surface area contributed by atoms with Gasteiger partial charge in [-0.15, -0.1) is 0 Å². The molecule has 0 aromatic carbocycles. The van der Waals surface area contributed by atoms with Crippen LogP contribution in [0.2, 0.25) is 0 Å². The minimum atomic E-state index is 0.543. The molecule has 0 aliphatic carbocycles. The van der Waals surface area contributed by atoms with Gasteiger partial charge < -0.3 is 10.2 Å². The van der Waals surface area contributed by atoms with Gasteiger partial charge in [-0.1, -0.05) is 6.92 Å². The molecule has 3 unspecified atom stereocenters. The lowest BCUT2D eigenvalue weighted by molar-refractivity contribution is 0.442. The Morgan fingerprint density at radius 1 is 1.56 bits per heavy atom. The Balaban J connectivity index is 1.95. The van der Waals surface area contributed by atoms with Crippen LogP contribution < -0.4 is 10.2 Å². The van der Waals surface area contributed by atoms with Crippen molar-refractivity contribution in [2.75, 3.05) is 24.5 Å². The fourth-order valence-corrected chi connectivity index (χ4v) is 3.54. The molecule has 3 rings (SSSR count). The van der Waals surface area contributed by atoms with Crippen LogP contribution in [0.1, 0.15) is 19.0 Å². The largest absolute Gasteiger partial charge is 0.366 e. The second kappa shape index (κ2) is 4.58. The van der Waals surface area contributed by atoms with E-state index in [0.29, 0.717) is 11.7 Å². The third-order valence-corrected chi connectivity index (χ3v) is 4.34. The van der Waals surface area contributed by atoms with Crippen molar-refractivity contribution in [1.29, 1.82) is 5.26 Å². The first kappa shape index (κ1) is 11.5. The van der Waals surface area contributed by atoms with Gasteiger partial charge in [0.05, 0.1) is 5.69 Å². The molecule has 1 aromatic rings. The van der Waals surface area contributed by atoms with Crippen LogP contribution in [0, 0.1) is 23.2 Å². The SMILES string of the molecule is CCC1C2CNCC2CN1c1cccnc1C#N. The van der Waals surface area contributed by atoms with Crippen LogP contribution in [0.15, 0.2) is 18.3 Å². The molecule has 2 aliphatic heterocycles. The minimum absolute atomic E-state index is 0.543. The summed E-state index contributed by atoms with van der Waals surface area (Å²) in [5, 5.41) is 12.7. The predicted molar refractivity (Wildman–Crippen MR) is 70.2 cm³/mol. The van der Waals surface area contributed by atoms with Gasteiger partial charge in [-0.3, -0.25) is 0 Å². The molecule has 2 saturated heterocycles. The van der Waals surface area contributed by atoms with Crippen molar-refractivity contribution in [3.63, 3.8) is 0 Å². The van der Waals surface area contributed by atoms with E-state index >= 15 is 0 Å². The normalized spacial score (nSPS) is 30.2. The summed E-state index contributed by atoms with van der Waals surface area (Å²) in [5.74, 6) is 1.45. The third kappa shape index (κ3) is 1.67. The molecule has 0 bridgehead atoms. The number of anilines is 1. The van der Waals surface area contributed by atoms with Crippen LogP contribution >= 0.6 is 0 Å². The zero-order valence-electron chi connectivity index (χ0n) is 10.6. The maximum Gasteiger partial charge on any atom is 0.163 e. The van der Waals surface area contributed by atoms with E-state index in [1.165, 1.54) is 0 Å². The number of rotatable bonds is 2. The van der Waals surface area contributed by atoms with Gasteiger partial charge in [-0.05, 0) is 30.4 Å². The van der Waals surface area contributed by atoms with Gasteiger partial charge in [0.25, 0.3) is 0 Å². The van der Waals surface area contributed by atoms with Crippen molar-refractivity contribution in [2.24, 2.45) is 11.8 Å².